The largest absolute Gasteiger partial charge is 0.479 e. The van der Waals surface area contributed by atoms with Crippen molar-refractivity contribution in [2.45, 2.75) is 11.8 Å². The van der Waals surface area contributed by atoms with Gasteiger partial charge < -0.3 is 10.2 Å². The van der Waals surface area contributed by atoms with E-state index in [2.05, 4.69) is 4.99 Å². The van der Waals surface area contributed by atoms with E-state index >= 15 is 0 Å². The summed E-state index contributed by atoms with van der Waals surface area (Å²) in [6, 6.07) is -1.11. The fourth-order valence-electron chi connectivity index (χ4n) is 0.811. The highest BCUT2D eigenvalue weighted by atomic mass is 19.1. The molecule has 1 heterocycles. The summed E-state index contributed by atoms with van der Waals surface area (Å²) in [6.45, 7) is 0. The number of aliphatic hydroxyl groups excluding tert-OH is 1. The number of nitrogens with zero attached hydrogens (tertiary/aromatic N) is 1. The molecule has 0 saturated heterocycles. The van der Waals surface area contributed by atoms with Crippen LogP contribution in [0.1, 0.15) is 0 Å². The van der Waals surface area contributed by atoms with Crippen LogP contribution in [0.2, 0.25) is 0 Å². The highest BCUT2D eigenvalue weighted by Gasteiger charge is 2.51. The maximum Gasteiger partial charge on any atom is 0.347 e. The molecule has 1 aliphatic heterocycles. The average Bonchev–Trinajstić information content (AvgIpc) is 2.10. The first-order valence-electron chi connectivity index (χ1n) is 3.38. The van der Waals surface area contributed by atoms with Gasteiger partial charge in [0.2, 0.25) is 0 Å². The van der Waals surface area contributed by atoms with Crippen molar-refractivity contribution in [1.29, 1.82) is 0 Å². The number of hydrogen-bond acceptors (Lipinski definition) is 4. The Kier molecular flexibility index (Phi) is 2.30. The minimum Gasteiger partial charge on any atom is -0.479 e. The standard InChI is InChI=1S/C6H5FN2O5/c7-6(2(10)3(11)12)1-8-5(14)9-4(6)13/h1-2,10H,(H,11,12)(H,9,13,14). The number of aliphatic hydroxyl groups is 1. The van der Waals surface area contributed by atoms with Crippen LogP contribution < -0.4 is 5.32 Å². The zero-order valence-electron chi connectivity index (χ0n) is 6.60. The summed E-state index contributed by atoms with van der Waals surface area (Å²) in [7, 11) is 0. The Morgan fingerprint density at radius 2 is 2.21 bits per heavy atom. The number of amides is 3. The SMILES string of the molecule is O=C1N=CC(F)(C(O)C(=O)O)C(=O)N1. The monoisotopic (exact) mass is 204 g/mol. The lowest BCUT2D eigenvalue weighted by Crippen LogP contribution is -2.59. The quantitative estimate of drug-likeness (QED) is 0.504. The van der Waals surface area contributed by atoms with E-state index < -0.39 is 29.7 Å². The number of carbonyl (C=O) groups excluding carboxylic acids is 2. The van der Waals surface area contributed by atoms with Crippen LogP contribution in [-0.4, -0.2) is 46.1 Å². The molecule has 0 aromatic heterocycles. The second-order valence-electron chi connectivity index (χ2n) is 2.53. The van der Waals surface area contributed by atoms with Crippen LogP contribution in [0.3, 0.4) is 0 Å². The lowest BCUT2D eigenvalue weighted by molar-refractivity contribution is -0.157. The molecule has 0 spiro atoms. The number of carboxylic acids is 1. The fraction of sp³-hybridized carbons (Fsp3) is 0.333. The molecule has 14 heavy (non-hydrogen) atoms. The molecule has 3 N–H and O–H groups in total. The van der Waals surface area contributed by atoms with Crippen molar-refractivity contribution in [3.63, 3.8) is 0 Å². The van der Waals surface area contributed by atoms with Gasteiger partial charge in [0.05, 0.1) is 6.21 Å². The molecule has 0 radical (unpaired) electrons. The zero-order valence-corrected chi connectivity index (χ0v) is 6.60. The highest BCUT2D eigenvalue weighted by molar-refractivity contribution is 6.16. The van der Waals surface area contributed by atoms with Crippen LogP contribution in [0.25, 0.3) is 0 Å². The van der Waals surface area contributed by atoms with Gasteiger partial charge in [0, 0.05) is 0 Å². The molecule has 0 saturated carbocycles. The molecule has 1 rings (SSSR count). The second-order valence-corrected chi connectivity index (χ2v) is 2.53. The first-order chi connectivity index (χ1) is 6.38. The maximum atomic E-state index is 13.4. The molecule has 2 atom stereocenters. The van der Waals surface area contributed by atoms with E-state index in [1.54, 1.807) is 0 Å². The van der Waals surface area contributed by atoms with Crippen LogP contribution >= 0.6 is 0 Å². The Labute approximate surface area is 76.2 Å². The van der Waals surface area contributed by atoms with E-state index in [1.807, 2.05) is 0 Å². The third kappa shape index (κ3) is 1.46. The van der Waals surface area contributed by atoms with Crippen LogP contribution in [-0.2, 0) is 9.59 Å². The first kappa shape index (κ1) is 10.3. The summed E-state index contributed by atoms with van der Waals surface area (Å²) in [6.07, 6.45) is -2.42. The van der Waals surface area contributed by atoms with Gasteiger partial charge in [-0.15, -0.1) is 0 Å². The fourth-order valence-corrected chi connectivity index (χ4v) is 0.811. The molecule has 0 aromatic rings. The van der Waals surface area contributed by atoms with E-state index in [9.17, 15) is 18.8 Å². The van der Waals surface area contributed by atoms with Gasteiger partial charge in [-0.05, 0) is 0 Å². The van der Waals surface area contributed by atoms with E-state index in [0.717, 1.165) is 0 Å². The van der Waals surface area contributed by atoms with Gasteiger partial charge in [0.25, 0.3) is 11.6 Å². The number of imide groups is 1. The van der Waals surface area contributed by atoms with Crippen LogP contribution in [0.4, 0.5) is 9.18 Å². The Morgan fingerprint density at radius 1 is 1.64 bits per heavy atom. The van der Waals surface area contributed by atoms with Gasteiger partial charge in [-0.2, -0.15) is 0 Å². The van der Waals surface area contributed by atoms with Crippen molar-refractivity contribution in [3.8, 4) is 0 Å². The second kappa shape index (κ2) is 3.14. The van der Waals surface area contributed by atoms with Gasteiger partial charge >= 0.3 is 12.0 Å². The number of aliphatic carboxylic acids is 1. The average molecular weight is 204 g/mol. The van der Waals surface area contributed by atoms with Crippen molar-refractivity contribution in [1.82, 2.24) is 5.32 Å². The number of urea groups is 1. The molecule has 0 aliphatic carbocycles. The van der Waals surface area contributed by atoms with Gasteiger partial charge in [-0.3, -0.25) is 10.1 Å². The lowest BCUT2D eigenvalue weighted by Gasteiger charge is -2.24. The molecule has 7 nitrogen and oxygen atoms in total. The van der Waals surface area contributed by atoms with E-state index in [-0.39, 0.29) is 6.21 Å². The molecule has 76 valence electrons. The van der Waals surface area contributed by atoms with E-state index in [4.69, 9.17) is 10.2 Å². The molecule has 2 unspecified atom stereocenters. The summed E-state index contributed by atoms with van der Waals surface area (Å²) >= 11 is 0. The van der Waals surface area contributed by atoms with E-state index in [0.29, 0.717) is 0 Å². The Morgan fingerprint density at radius 3 is 2.64 bits per heavy atom. The number of aliphatic imine (C=N–C) groups is 1. The summed E-state index contributed by atoms with van der Waals surface area (Å²) in [5.74, 6) is -3.48. The van der Waals surface area contributed by atoms with Crippen molar-refractivity contribution >= 4 is 24.1 Å². The summed E-state index contributed by atoms with van der Waals surface area (Å²) in [4.78, 5) is 34.3. The molecular weight excluding hydrogens is 199 g/mol. The number of hydrogen-bond donors (Lipinski definition) is 3. The van der Waals surface area contributed by atoms with Crippen molar-refractivity contribution < 1.29 is 29.0 Å². The van der Waals surface area contributed by atoms with Crippen LogP contribution in [0.5, 0.6) is 0 Å². The Balaban J connectivity index is 3.05. The molecule has 1 aliphatic rings. The van der Waals surface area contributed by atoms with Gasteiger partial charge in [0.1, 0.15) is 0 Å². The number of carbonyl (C=O) groups is 3. The topological polar surface area (TPSA) is 116 Å². The Hall–Kier alpha value is -1.83. The van der Waals surface area contributed by atoms with Crippen molar-refractivity contribution in [3.05, 3.63) is 0 Å². The summed E-state index contributed by atoms with van der Waals surface area (Å²) < 4.78 is 13.4. The molecule has 8 heteroatoms. The maximum absolute atomic E-state index is 13.4. The minimum atomic E-state index is -3.21. The number of carboxylic acid groups (broad SMARTS) is 1. The van der Waals surface area contributed by atoms with Gasteiger partial charge in [-0.25, -0.2) is 19.0 Å². The molecule has 0 aromatic carbocycles. The van der Waals surface area contributed by atoms with Gasteiger partial charge in [-0.1, -0.05) is 0 Å². The molecule has 0 bridgehead atoms. The molecular formula is C6H5FN2O5. The first-order valence-corrected chi connectivity index (χ1v) is 3.38. The third-order valence-electron chi connectivity index (χ3n) is 1.57. The predicted molar refractivity (Wildman–Crippen MR) is 39.5 cm³/mol. The van der Waals surface area contributed by atoms with E-state index in [1.165, 1.54) is 5.32 Å². The van der Waals surface area contributed by atoms with Crippen molar-refractivity contribution in [2.24, 2.45) is 4.99 Å². The molecule has 3 amide bonds. The van der Waals surface area contributed by atoms with Crippen LogP contribution in [0.15, 0.2) is 4.99 Å². The molecule has 0 fully saturated rings. The lowest BCUT2D eigenvalue weighted by atomic mass is 9.98. The number of rotatable bonds is 2. The zero-order chi connectivity index (χ0) is 10.9. The third-order valence-corrected chi connectivity index (χ3v) is 1.57. The summed E-state index contributed by atoms with van der Waals surface area (Å²) in [5.41, 5.74) is -3.21. The number of alkyl halides is 1. The highest BCUT2D eigenvalue weighted by Crippen LogP contribution is 2.17. The normalized spacial score (nSPS) is 28.4. The minimum absolute atomic E-state index is 0.174. The van der Waals surface area contributed by atoms with Gasteiger partial charge in [0.15, 0.2) is 6.10 Å². The summed E-state index contributed by atoms with van der Waals surface area (Å²) in [5, 5.41) is 18.5. The number of halogens is 1. The van der Waals surface area contributed by atoms with Crippen molar-refractivity contribution in [2.75, 3.05) is 0 Å². The Bertz CT molecular complexity index is 341. The predicted octanol–water partition coefficient (Wildman–Crippen LogP) is -1.54. The number of nitrogens with one attached hydrogen (secondary N) is 1. The smallest absolute Gasteiger partial charge is 0.347 e. The van der Waals surface area contributed by atoms with Crippen LogP contribution in [0, 0.1) is 0 Å².